The molecule has 0 saturated carbocycles. The third kappa shape index (κ3) is 4.08. The summed E-state index contributed by atoms with van der Waals surface area (Å²) in [4.78, 5) is 0. The van der Waals surface area contributed by atoms with E-state index in [0.29, 0.717) is 0 Å². The predicted molar refractivity (Wildman–Crippen MR) is 57.8 cm³/mol. The van der Waals surface area contributed by atoms with Crippen molar-refractivity contribution >= 4 is 12.4 Å². The number of aliphatic hydroxyl groups is 1. The lowest BCUT2D eigenvalue weighted by Crippen LogP contribution is -2.21. The summed E-state index contributed by atoms with van der Waals surface area (Å²) in [6.45, 7) is 0.258. The van der Waals surface area contributed by atoms with E-state index in [1.165, 1.54) is 0 Å². The normalized spacial score (nSPS) is 28.3. The molecule has 0 saturated heterocycles. The van der Waals surface area contributed by atoms with Gasteiger partial charge >= 0.3 is 0 Å². The fourth-order valence-corrected chi connectivity index (χ4v) is 0.940. The van der Waals surface area contributed by atoms with Gasteiger partial charge in [-0.2, -0.15) is 0 Å². The van der Waals surface area contributed by atoms with Crippen LogP contribution in [-0.4, -0.2) is 17.8 Å². The molecule has 0 aromatic heterocycles. The quantitative estimate of drug-likeness (QED) is 0.705. The van der Waals surface area contributed by atoms with Gasteiger partial charge < -0.3 is 10.8 Å². The van der Waals surface area contributed by atoms with Gasteiger partial charge in [-0.15, -0.1) is 12.4 Å². The highest BCUT2D eigenvalue weighted by atomic mass is 35.5. The summed E-state index contributed by atoms with van der Waals surface area (Å²) in [5.41, 5.74) is 6.17. The Morgan fingerprint density at radius 1 is 1.15 bits per heavy atom. The van der Waals surface area contributed by atoms with Crippen LogP contribution < -0.4 is 5.73 Å². The Hall–Kier alpha value is -0.830. The fraction of sp³-hybridized carbons (Fsp3) is 0.200. The molecule has 0 aromatic rings. The van der Waals surface area contributed by atoms with Crippen LogP contribution in [0.5, 0.6) is 0 Å². The summed E-state index contributed by atoms with van der Waals surface area (Å²) < 4.78 is 0. The molecule has 0 fully saturated rings. The van der Waals surface area contributed by atoms with Crippen molar-refractivity contribution < 1.29 is 5.11 Å². The molecule has 0 aliphatic heterocycles. The van der Waals surface area contributed by atoms with E-state index in [1.54, 1.807) is 0 Å². The van der Waals surface area contributed by atoms with E-state index in [-0.39, 0.29) is 19.0 Å². The van der Waals surface area contributed by atoms with Crippen molar-refractivity contribution in [3.63, 3.8) is 0 Å². The molecule has 0 heterocycles. The molecular formula is C10H14ClNO. The van der Waals surface area contributed by atoms with Crippen molar-refractivity contribution in [1.29, 1.82) is 0 Å². The molecule has 0 bridgehead atoms. The third-order valence-electron chi connectivity index (χ3n) is 1.63. The van der Waals surface area contributed by atoms with E-state index < -0.39 is 6.10 Å². The number of hydrogen-bond acceptors (Lipinski definition) is 2. The van der Waals surface area contributed by atoms with Crippen LogP contribution >= 0.6 is 12.4 Å². The Bertz CT molecular complexity index is 254. The van der Waals surface area contributed by atoms with Gasteiger partial charge in [-0.25, -0.2) is 0 Å². The Morgan fingerprint density at radius 3 is 2.46 bits per heavy atom. The SMILES string of the molecule is Cl.NCC(O)C1=C\C=C\C=C/C=C\1. The largest absolute Gasteiger partial charge is 0.387 e. The average molecular weight is 200 g/mol. The number of allylic oxidation sites excluding steroid dienone is 6. The standard InChI is InChI=1S/C10H13NO.ClH/c11-8-10(12)9-6-4-2-1-3-5-7-9;/h1-7,10,12H,8,11H2;1H/b2-1-,3-1?,4-2?,5-3+,6-4-,7-5?,9-6?,9-7-;. The maximum absolute atomic E-state index is 9.40. The lowest BCUT2D eigenvalue weighted by molar-refractivity contribution is 0.223. The highest BCUT2D eigenvalue weighted by Gasteiger charge is 2.03. The zero-order valence-corrected chi connectivity index (χ0v) is 8.08. The smallest absolute Gasteiger partial charge is 0.0912 e. The van der Waals surface area contributed by atoms with Crippen LogP contribution in [0.1, 0.15) is 0 Å². The van der Waals surface area contributed by atoms with E-state index >= 15 is 0 Å². The summed E-state index contributed by atoms with van der Waals surface area (Å²) in [5, 5.41) is 9.40. The van der Waals surface area contributed by atoms with E-state index in [2.05, 4.69) is 0 Å². The van der Waals surface area contributed by atoms with Gasteiger partial charge in [-0.1, -0.05) is 42.5 Å². The third-order valence-corrected chi connectivity index (χ3v) is 1.63. The van der Waals surface area contributed by atoms with Crippen LogP contribution in [0, 0.1) is 0 Å². The average Bonchev–Trinajstić information content (AvgIpc) is 2.02. The molecule has 0 aromatic carbocycles. The minimum atomic E-state index is -0.558. The zero-order chi connectivity index (χ0) is 8.81. The first kappa shape index (κ1) is 12.2. The number of rotatable bonds is 2. The monoisotopic (exact) mass is 199 g/mol. The van der Waals surface area contributed by atoms with E-state index in [4.69, 9.17) is 5.73 Å². The second kappa shape index (κ2) is 6.66. The minimum Gasteiger partial charge on any atom is -0.387 e. The van der Waals surface area contributed by atoms with Gasteiger partial charge in [-0.05, 0) is 5.57 Å². The summed E-state index contributed by atoms with van der Waals surface area (Å²) in [5.74, 6) is 0. The van der Waals surface area contributed by atoms with Gasteiger partial charge in [-0.3, -0.25) is 0 Å². The minimum absolute atomic E-state index is 0. The summed E-state index contributed by atoms with van der Waals surface area (Å²) >= 11 is 0. The summed E-state index contributed by atoms with van der Waals surface area (Å²) in [7, 11) is 0. The van der Waals surface area contributed by atoms with Gasteiger partial charge in [0.1, 0.15) is 0 Å². The van der Waals surface area contributed by atoms with Gasteiger partial charge in [0.2, 0.25) is 0 Å². The lowest BCUT2D eigenvalue weighted by Gasteiger charge is -2.07. The van der Waals surface area contributed by atoms with Crippen molar-refractivity contribution in [2.45, 2.75) is 6.10 Å². The molecule has 0 radical (unpaired) electrons. The van der Waals surface area contributed by atoms with Crippen LogP contribution in [0.4, 0.5) is 0 Å². The van der Waals surface area contributed by atoms with Gasteiger partial charge in [0.25, 0.3) is 0 Å². The van der Waals surface area contributed by atoms with Crippen LogP contribution in [0.25, 0.3) is 0 Å². The topological polar surface area (TPSA) is 46.2 Å². The second-order valence-electron chi connectivity index (χ2n) is 2.55. The zero-order valence-electron chi connectivity index (χ0n) is 7.26. The second-order valence-corrected chi connectivity index (χ2v) is 2.55. The molecule has 2 nitrogen and oxygen atoms in total. The van der Waals surface area contributed by atoms with E-state index in [0.717, 1.165) is 5.57 Å². The van der Waals surface area contributed by atoms with Crippen molar-refractivity contribution in [2.24, 2.45) is 5.73 Å². The van der Waals surface area contributed by atoms with Gasteiger partial charge in [0, 0.05) is 6.54 Å². The Balaban J connectivity index is 0.00000144. The maximum atomic E-state index is 9.40. The Kier molecular flexibility index (Phi) is 6.24. The van der Waals surface area contributed by atoms with Gasteiger partial charge in [0.05, 0.1) is 6.10 Å². The first-order valence-corrected chi connectivity index (χ1v) is 3.94. The molecule has 1 atom stereocenters. The maximum Gasteiger partial charge on any atom is 0.0912 e. The number of nitrogens with two attached hydrogens (primary N) is 1. The molecule has 0 spiro atoms. The molecule has 1 unspecified atom stereocenters. The predicted octanol–water partition coefficient (Wildman–Crippen LogP) is 1.34. The Morgan fingerprint density at radius 2 is 1.77 bits per heavy atom. The highest BCUT2D eigenvalue weighted by Crippen LogP contribution is 2.05. The lowest BCUT2D eigenvalue weighted by atomic mass is 10.1. The van der Waals surface area contributed by atoms with Crippen LogP contribution in [0.15, 0.2) is 48.1 Å². The summed E-state index contributed by atoms with van der Waals surface area (Å²) in [6, 6.07) is 0. The molecule has 3 heteroatoms. The van der Waals surface area contributed by atoms with Crippen molar-refractivity contribution in [1.82, 2.24) is 0 Å². The Labute approximate surface area is 84.5 Å². The van der Waals surface area contributed by atoms with Crippen molar-refractivity contribution in [3.8, 4) is 0 Å². The molecule has 72 valence electrons. The van der Waals surface area contributed by atoms with Crippen molar-refractivity contribution in [3.05, 3.63) is 48.1 Å². The van der Waals surface area contributed by atoms with Crippen molar-refractivity contribution in [2.75, 3.05) is 6.54 Å². The molecule has 1 aliphatic rings. The fourth-order valence-electron chi connectivity index (χ4n) is 0.940. The van der Waals surface area contributed by atoms with Crippen LogP contribution in [-0.2, 0) is 0 Å². The molecular weight excluding hydrogens is 186 g/mol. The summed E-state index contributed by atoms with van der Waals surface area (Å²) in [6.07, 6.45) is 12.7. The molecule has 0 amide bonds. The number of halogens is 1. The van der Waals surface area contributed by atoms with Gasteiger partial charge in [0.15, 0.2) is 0 Å². The number of aliphatic hydroxyl groups excluding tert-OH is 1. The van der Waals surface area contributed by atoms with Crippen LogP contribution in [0.2, 0.25) is 0 Å². The molecule has 1 rings (SSSR count). The molecule has 3 N–H and O–H groups in total. The molecule has 13 heavy (non-hydrogen) atoms. The molecule has 1 aliphatic carbocycles. The van der Waals surface area contributed by atoms with E-state index in [1.807, 2.05) is 42.5 Å². The van der Waals surface area contributed by atoms with Crippen LogP contribution in [0.3, 0.4) is 0 Å². The first-order valence-electron chi connectivity index (χ1n) is 3.94. The number of hydrogen-bond donors (Lipinski definition) is 2. The van der Waals surface area contributed by atoms with E-state index in [9.17, 15) is 5.11 Å². The highest BCUT2D eigenvalue weighted by molar-refractivity contribution is 5.85. The first-order chi connectivity index (χ1) is 5.84.